The average Bonchev–Trinajstić information content (AvgIpc) is 2.45. The Labute approximate surface area is 167 Å². The van der Waals surface area contributed by atoms with E-state index in [1.807, 2.05) is 6.07 Å². The van der Waals surface area contributed by atoms with Crippen molar-refractivity contribution in [3.05, 3.63) is 32.8 Å². The van der Waals surface area contributed by atoms with E-state index in [1.165, 1.54) is 0 Å². The van der Waals surface area contributed by atoms with Crippen LogP contribution in [0.15, 0.2) is 12.1 Å². The first-order valence-electron chi connectivity index (χ1n) is 7.58. The Morgan fingerprint density at radius 1 is 1.04 bits per heavy atom. The van der Waals surface area contributed by atoms with Crippen molar-refractivity contribution in [1.29, 1.82) is 0 Å². The SMILES string of the molecule is CC(C)CC[C@H](c1cc(Cl)cc(Cl)c1Cl)N1CCNCC1.Cl.Cl. The van der Waals surface area contributed by atoms with Crippen molar-refractivity contribution >= 4 is 59.6 Å². The second-order valence-electron chi connectivity index (χ2n) is 6.06. The summed E-state index contributed by atoms with van der Waals surface area (Å²) in [6.07, 6.45) is 2.24. The van der Waals surface area contributed by atoms with Crippen molar-refractivity contribution in [2.24, 2.45) is 5.92 Å². The summed E-state index contributed by atoms with van der Waals surface area (Å²) in [4.78, 5) is 2.49. The smallest absolute Gasteiger partial charge is 0.0641 e. The summed E-state index contributed by atoms with van der Waals surface area (Å²) >= 11 is 18.9. The zero-order chi connectivity index (χ0) is 15.4. The van der Waals surface area contributed by atoms with Gasteiger partial charge in [-0.05, 0) is 36.5 Å². The first-order chi connectivity index (χ1) is 9.99. The first-order valence-corrected chi connectivity index (χ1v) is 8.71. The minimum atomic E-state index is 0. The highest BCUT2D eigenvalue weighted by Crippen LogP contribution is 2.38. The number of halogens is 5. The molecule has 1 aliphatic rings. The van der Waals surface area contributed by atoms with Crippen molar-refractivity contribution in [2.45, 2.75) is 32.7 Å². The molecule has 23 heavy (non-hydrogen) atoms. The Bertz CT molecular complexity index is 476. The quantitative estimate of drug-likeness (QED) is 0.597. The largest absolute Gasteiger partial charge is 0.314 e. The third-order valence-corrected chi connectivity index (χ3v) is 5.02. The van der Waals surface area contributed by atoms with E-state index in [9.17, 15) is 0 Å². The van der Waals surface area contributed by atoms with E-state index in [-0.39, 0.29) is 30.9 Å². The van der Waals surface area contributed by atoms with Crippen LogP contribution in [-0.4, -0.2) is 31.1 Å². The Morgan fingerprint density at radius 3 is 2.22 bits per heavy atom. The van der Waals surface area contributed by atoms with E-state index in [0.717, 1.165) is 44.6 Å². The van der Waals surface area contributed by atoms with E-state index in [4.69, 9.17) is 34.8 Å². The second kappa shape index (κ2) is 11.3. The average molecular weight is 423 g/mol. The van der Waals surface area contributed by atoms with Gasteiger partial charge in [-0.3, -0.25) is 4.90 Å². The first kappa shape index (κ1) is 23.6. The van der Waals surface area contributed by atoms with Crippen molar-refractivity contribution < 1.29 is 0 Å². The van der Waals surface area contributed by atoms with E-state index in [1.54, 1.807) is 6.07 Å². The standard InChI is InChI=1S/C16H23Cl3N2.2ClH/c1-11(2)3-4-15(21-7-5-20-6-8-21)13-9-12(17)10-14(18)16(13)19;;/h9-11,15,20H,3-8H2,1-2H3;2*1H/t15-;;/m1../s1. The fraction of sp³-hybridized carbons (Fsp3) is 0.625. The summed E-state index contributed by atoms with van der Waals surface area (Å²) in [6.45, 7) is 8.60. The van der Waals surface area contributed by atoms with E-state index >= 15 is 0 Å². The molecule has 134 valence electrons. The molecule has 2 rings (SSSR count). The summed E-state index contributed by atoms with van der Waals surface area (Å²) in [5, 5.41) is 5.24. The van der Waals surface area contributed by atoms with Gasteiger partial charge in [0, 0.05) is 37.2 Å². The number of piperazine rings is 1. The van der Waals surface area contributed by atoms with Crippen molar-refractivity contribution in [2.75, 3.05) is 26.2 Å². The minimum absolute atomic E-state index is 0. The van der Waals surface area contributed by atoms with Gasteiger partial charge in [0.1, 0.15) is 0 Å². The number of nitrogens with zero attached hydrogens (tertiary/aromatic N) is 1. The van der Waals surface area contributed by atoms with Gasteiger partial charge < -0.3 is 5.32 Å². The monoisotopic (exact) mass is 420 g/mol. The molecule has 0 aliphatic carbocycles. The van der Waals surface area contributed by atoms with Gasteiger partial charge in [-0.2, -0.15) is 0 Å². The summed E-state index contributed by atoms with van der Waals surface area (Å²) in [5.41, 5.74) is 1.07. The Balaban J connectivity index is 0.00000242. The zero-order valence-electron chi connectivity index (χ0n) is 13.4. The topological polar surface area (TPSA) is 15.3 Å². The Kier molecular flexibility index (Phi) is 11.5. The summed E-state index contributed by atoms with van der Waals surface area (Å²) in [5.74, 6) is 0.670. The molecular formula is C16H25Cl5N2. The van der Waals surface area contributed by atoms with Crippen LogP contribution in [0.1, 0.15) is 38.3 Å². The molecule has 1 heterocycles. The molecular weight excluding hydrogens is 397 g/mol. The maximum atomic E-state index is 6.46. The van der Waals surface area contributed by atoms with Gasteiger partial charge in [-0.1, -0.05) is 48.7 Å². The molecule has 1 fully saturated rings. The van der Waals surface area contributed by atoms with Gasteiger partial charge in [0.2, 0.25) is 0 Å². The molecule has 2 nitrogen and oxygen atoms in total. The molecule has 1 aromatic rings. The molecule has 0 spiro atoms. The van der Waals surface area contributed by atoms with Crippen LogP contribution >= 0.6 is 59.6 Å². The lowest BCUT2D eigenvalue weighted by Gasteiger charge is -2.36. The van der Waals surface area contributed by atoms with Crippen LogP contribution in [0.5, 0.6) is 0 Å². The Morgan fingerprint density at radius 2 is 1.65 bits per heavy atom. The number of nitrogens with one attached hydrogen (secondary N) is 1. The minimum Gasteiger partial charge on any atom is -0.314 e. The third kappa shape index (κ3) is 6.78. The lowest BCUT2D eigenvalue weighted by Crippen LogP contribution is -2.45. The normalized spacial score (nSPS) is 16.6. The number of hydrogen-bond donors (Lipinski definition) is 1. The van der Waals surface area contributed by atoms with Crippen LogP contribution < -0.4 is 5.32 Å². The highest BCUT2D eigenvalue weighted by molar-refractivity contribution is 6.43. The Hall–Kier alpha value is 0.590. The number of benzene rings is 1. The fourth-order valence-electron chi connectivity index (χ4n) is 2.84. The van der Waals surface area contributed by atoms with Gasteiger partial charge in [-0.15, -0.1) is 24.8 Å². The van der Waals surface area contributed by atoms with E-state index < -0.39 is 0 Å². The molecule has 0 unspecified atom stereocenters. The molecule has 7 heteroatoms. The van der Waals surface area contributed by atoms with Crippen molar-refractivity contribution in [3.63, 3.8) is 0 Å². The van der Waals surface area contributed by atoms with Crippen LogP contribution in [0.3, 0.4) is 0 Å². The second-order valence-corrected chi connectivity index (χ2v) is 7.29. The van der Waals surface area contributed by atoms with E-state index in [0.29, 0.717) is 21.0 Å². The maximum absolute atomic E-state index is 6.46. The highest BCUT2D eigenvalue weighted by Gasteiger charge is 2.25. The highest BCUT2D eigenvalue weighted by atomic mass is 35.5. The molecule has 0 amide bonds. The molecule has 1 aromatic carbocycles. The van der Waals surface area contributed by atoms with Gasteiger partial charge in [0.05, 0.1) is 10.0 Å². The molecule has 1 N–H and O–H groups in total. The molecule has 1 atom stereocenters. The van der Waals surface area contributed by atoms with Gasteiger partial charge >= 0.3 is 0 Å². The lowest BCUT2D eigenvalue weighted by molar-refractivity contribution is 0.160. The van der Waals surface area contributed by atoms with Gasteiger partial charge in [0.15, 0.2) is 0 Å². The summed E-state index contributed by atoms with van der Waals surface area (Å²) < 4.78 is 0. The number of rotatable bonds is 5. The molecule has 0 aromatic heterocycles. The predicted molar refractivity (Wildman–Crippen MR) is 107 cm³/mol. The molecule has 0 bridgehead atoms. The van der Waals surface area contributed by atoms with Crippen LogP contribution in [0, 0.1) is 5.92 Å². The third-order valence-electron chi connectivity index (χ3n) is 3.99. The van der Waals surface area contributed by atoms with Crippen molar-refractivity contribution in [3.8, 4) is 0 Å². The van der Waals surface area contributed by atoms with Crippen molar-refractivity contribution in [1.82, 2.24) is 10.2 Å². The van der Waals surface area contributed by atoms with Crippen LogP contribution in [-0.2, 0) is 0 Å². The zero-order valence-corrected chi connectivity index (χ0v) is 17.4. The maximum Gasteiger partial charge on any atom is 0.0641 e. The summed E-state index contributed by atoms with van der Waals surface area (Å²) in [6, 6.07) is 3.98. The molecule has 0 radical (unpaired) electrons. The van der Waals surface area contributed by atoms with Crippen LogP contribution in [0.4, 0.5) is 0 Å². The van der Waals surface area contributed by atoms with Crippen LogP contribution in [0.2, 0.25) is 15.1 Å². The summed E-state index contributed by atoms with van der Waals surface area (Å²) in [7, 11) is 0. The van der Waals surface area contributed by atoms with E-state index in [2.05, 4.69) is 24.1 Å². The number of hydrogen-bond acceptors (Lipinski definition) is 2. The molecule has 1 saturated heterocycles. The van der Waals surface area contributed by atoms with Crippen LogP contribution in [0.25, 0.3) is 0 Å². The van der Waals surface area contributed by atoms with Gasteiger partial charge in [0.25, 0.3) is 0 Å². The fourth-order valence-corrected chi connectivity index (χ4v) is 3.58. The molecule has 0 saturated carbocycles. The lowest BCUT2D eigenvalue weighted by atomic mass is 9.95. The predicted octanol–water partition coefficient (Wildman–Crippen LogP) is 5.87. The van der Waals surface area contributed by atoms with Gasteiger partial charge in [-0.25, -0.2) is 0 Å². The molecule has 1 aliphatic heterocycles.